The first kappa shape index (κ1) is 15.1. The van der Waals surface area contributed by atoms with Crippen molar-refractivity contribution in [2.45, 2.75) is 32.2 Å². The van der Waals surface area contributed by atoms with Gasteiger partial charge in [0.25, 0.3) is 0 Å². The Morgan fingerprint density at radius 3 is 2.40 bits per heavy atom. The van der Waals surface area contributed by atoms with Crippen molar-refractivity contribution in [3.63, 3.8) is 0 Å². The molecule has 1 unspecified atom stereocenters. The molecule has 112 valence electrons. The van der Waals surface area contributed by atoms with Crippen LogP contribution < -0.4 is 15.2 Å². The molecular formula is C16H26N2O2. The molecule has 0 saturated carbocycles. The Morgan fingerprint density at radius 1 is 1.15 bits per heavy atom. The highest BCUT2D eigenvalue weighted by atomic mass is 16.5. The minimum absolute atomic E-state index is 0.332. The van der Waals surface area contributed by atoms with Crippen LogP contribution in [0.2, 0.25) is 0 Å². The van der Waals surface area contributed by atoms with E-state index in [4.69, 9.17) is 15.2 Å². The Morgan fingerprint density at radius 2 is 1.80 bits per heavy atom. The average Bonchev–Trinajstić information content (AvgIpc) is 2.46. The minimum atomic E-state index is 0.332. The summed E-state index contributed by atoms with van der Waals surface area (Å²) in [6, 6.07) is 8.18. The molecule has 2 N–H and O–H groups in total. The van der Waals surface area contributed by atoms with E-state index < -0.39 is 0 Å². The first-order chi connectivity index (χ1) is 9.78. The summed E-state index contributed by atoms with van der Waals surface area (Å²) in [4.78, 5) is 2.38. The summed E-state index contributed by atoms with van der Waals surface area (Å²) in [5.41, 5.74) is 5.97. The molecule has 1 heterocycles. The van der Waals surface area contributed by atoms with E-state index in [2.05, 4.69) is 11.8 Å². The predicted molar refractivity (Wildman–Crippen MR) is 81.4 cm³/mol. The van der Waals surface area contributed by atoms with Gasteiger partial charge in [0.2, 0.25) is 0 Å². The highest BCUT2D eigenvalue weighted by Crippen LogP contribution is 2.18. The summed E-state index contributed by atoms with van der Waals surface area (Å²) < 4.78 is 11.3. The maximum atomic E-state index is 5.97. The van der Waals surface area contributed by atoms with Crippen LogP contribution >= 0.6 is 0 Å². The van der Waals surface area contributed by atoms with Crippen LogP contribution in [0, 0.1) is 0 Å². The van der Waals surface area contributed by atoms with E-state index >= 15 is 0 Å². The van der Waals surface area contributed by atoms with Crippen molar-refractivity contribution < 1.29 is 9.47 Å². The zero-order valence-corrected chi connectivity index (χ0v) is 12.4. The van der Waals surface area contributed by atoms with Crippen molar-refractivity contribution in [3.8, 4) is 11.5 Å². The Labute approximate surface area is 121 Å². The van der Waals surface area contributed by atoms with Gasteiger partial charge >= 0.3 is 0 Å². The van der Waals surface area contributed by atoms with Gasteiger partial charge in [0.15, 0.2) is 0 Å². The van der Waals surface area contributed by atoms with E-state index in [1.54, 1.807) is 0 Å². The van der Waals surface area contributed by atoms with Crippen LogP contribution in [0.4, 0.5) is 0 Å². The van der Waals surface area contributed by atoms with Gasteiger partial charge in [0, 0.05) is 19.1 Å². The van der Waals surface area contributed by atoms with Gasteiger partial charge in [-0.2, -0.15) is 0 Å². The molecule has 0 spiro atoms. The van der Waals surface area contributed by atoms with Gasteiger partial charge in [0.05, 0.1) is 6.61 Å². The summed E-state index contributed by atoms with van der Waals surface area (Å²) in [7, 11) is 0. The molecule has 0 aromatic heterocycles. The first-order valence-corrected chi connectivity index (χ1v) is 7.61. The standard InChI is InChI=1S/C16H26N2O2/c1-2-11-19-15-5-7-16(8-6-15)20-12-10-18-9-3-4-14(17)13-18/h5-8,14H,2-4,9-13,17H2,1H3. The van der Waals surface area contributed by atoms with Gasteiger partial charge in [0.1, 0.15) is 18.1 Å². The molecule has 1 aromatic carbocycles. The monoisotopic (exact) mass is 278 g/mol. The molecule has 0 bridgehead atoms. The quantitative estimate of drug-likeness (QED) is 0.831. The molecule has 1 aromatic rings. The van der Waals surface area contributed by atoms with E-state index in [1.165, 1.54) is 6.42 Å². The molecular weight excluding hydrogens is 252 g/mol. The van der Waals surface area contributed by atoms with Gasteiger partial charge in [-0.3, -0.25) is 4.90 Å². The number of nitrogens with two attached hydrogens (primary N) is 1. The Hall–Kier alpha value is -1.26. The molecule has 0 radical (unpaired) electrons. The number of nitrogens with zero attached hydrogens (tertiary/aromatic N) is 1. The van der Waals surface area contributed by atoms with Crippen molar-refractivity contribution >= 4 is 0 Å². The van der Waals surface area contributed by atoms with Gasteiger partial charge in [-0.05, 0) is 50.1 Å². The smallest absolute Gasteiger partial charge is 0.119 e. The predicted octanol–water partition coefficient (Wildman–Crippen LogP) is 2.28. The molecule has 4 nitrogen and oxygen atoms in total. The summed E-state index contributed by atoms with van der Waals surface area (Å²) in [5, 5.41) is 0. The Bertz CT molecular complexity index is 381. The van der Waals surface area contributed by atoms with Crippen LogP contribution in [0.5, 0.6) is 11.5 Å². The molecule has 1 atom stereocenters. The van der Waals surface area contributed by atoms with Crippen LogP contribution in [-0.4, -0.2) is 43.8 Å². The SMILES string of the molecule is CCCOc1ccc(OCCN2CCCC(N)C2)cc1. The number of likely N-dealkylation sites (tertiary alicyclic amines) is 1. The zero-order chi connectivity index (χ0) is 14.2. The van der Waals surface area contributed by atoms with E-state index in [9.17, 15) is 0 Å². The number of hydrogen-bond donors (Lipinski definition) is 1. The lowest BCUT2D eigenvalue weighted by molar-refractivity contribution is 0.171. The maximum Gasteiger partial charge on any atom is 0.119 e. The van der Waals surface area contributed by atoms with Crippen LogP contribution in [-0.2, 0) is 0 Å². The van der Waals surface area contributed by atoms with Gasteiger partial charge in [-0.25, -0.2) is 0 Å². The van der Waals surface area contributed by atoms with Crippen LogP contribution in [0.25, 0.3) is 0 Å². The van der Waals surface area contributed by atoms with Crippen LogP contribution in [0.15, 0.2) is 24.3 Å². The fraction of sp³-hybridized carbons (Fsp3) is 0.625. The van der Waals surface area contributed by atoms with Crippen molar-refractivity contribution in [1.29, 1.82) is 0 Å². The topological polar surface area (TPSA) is 47.7 Å². The van der Waals surface area contributed by atoms with Crippen molar-refractivity contribution in [2.24, 2.45) is 5.73 Å². The first-order valence-electron chi connectivity index (χ1n) is 7.61. The van der Waals surface area contributed by atoms with Gasteiger partial charge < -0.3 is 15.2 Å². The van der Waals surface area contributed by atoms with E-state index in [0.717, 1.165) is 50.6 Å². The second kappa shape index (κ2) is 8.12. The summed E-state index contributed by atoms with van der Waals surface area (Å²) in [5.74, 6) is 1.80. The van der Waals surface area contributed by atoms with Crippen molar-refractivity contribution in [2.75, 3.05) is 32.8 Å². The summed E-state index contributed by atoms with van der Waals surface area (Å²) in [6.07, 6.45) is 3.37. The molecule has 1 aliphatic rings. The van der Waals surface area contributed by atoms with E-state index in [-0.39, 0.29) is 0 Å². The van der Waals surface area contributed by atoms with Gasteiger partial charge in [-0.15, -0.1) is 0 Å². The number of hydrogen-bond acceptors (Lipinski definition) is 4. The third-order valence-electron chi connectivity index (χ3n) is 3.51. The average molecular weight is 278 g/mol. The van der Waals surface area contributed by atoms with E-state index in [1.807, 2.05) is 24.3 Å². The Balaban J connectivity index is 1.68. The second-order valence-electron chi connectivity index (χ2n) is 5.37. The normalized spacial score (nSPS) is 19.8. The third-order valence-corrected chi connectivity index (χ3v) is 3.51. The summed E-state index contributed by atoms with van der Waals surface area (Å²) in [6.45, 7) is 6.65. The Kier molecular flexibility index (Phi) is 6.15. The minimum Gasteiger partial charge on any atom is -0.494 e. The lowest BCUT2D eigenvalue weighted by Crippen LogP contribution is -2.44. The van der Waals surface area contributed by atoms with Crippen molar-refractivity contribution in [1.82, 2.24) is 4.90 Å². The van der Waals surface area contributed by atoms with Crippen LogP contribution in [0.3, 0.4) is 0 Å². The highest BCUT2D eigenvalue weighted by molar-refractivity contribution is 5.31. The van der Waals surface area contributed by atoms with E-state index in [0.29, 0.717) is 12.6 Å². The largest absolute Gasteiger partial charge is 0.494 e. The number of rotatable bonds is 7. The highest BCUT2D eigenvalue weighted by Gasteiger charge is 2.15. The molecule has 0 amide bonds. The van der Waals surface area contributed by atoms with Gasteiger partial charge in [-0.1, -0.05) is 6.92 Å². The summed E-state index contributed by atoms with van der Waals surface area (Å²) >= 11 is 0. The fourth-order valence-electron chi connectivity index (χ4n) is 2.44. The number of piperidine rings is 1. The molecule has 1 aliphatic heterocycles. The number of benzene rings is 1. The second-order valence-corrected chi connectivity index (χ2v) is 5.37. The zero-order valence-electron chi connectivity index (χ0n) is 12.4. The third kappa shape index (κ3) is 5.02. The molecule has 1 fully saturated rings. The molecule has 0 aliphatic carbocycles. The molecule has 1 saturated heterocycles. The van der Waals surface area contributed by atoms with Crippen LogP contribution in [0.1, 0.15) is 26.2 Å². The lowest BCUT2D eigenvalue weighted by atomic mass is 10.1. The molecule has 2 rings (SSSR count). The maximum absolute atomic E-state index is 5.97. The fourth-order valence-corrected chi connectivity index (χ4v) is 2.44. The molecule has 4 heteroatoms. The van der Waals surface area contributed by atoms with Crippen molar-refractivity contribution in [3.05, 3.63) is 24.3 Å². The lowest BCUT2D eigenvalue weighted by Gasteiger charge is -2.30. The number of ether oxygens (including phenoxy) is 2. The molecule has 20 heavy (non-hydrogen) atoms.